The predicted molar refractivity (Wildman–Crippen MR) is 73.1 cm³/mol. The van der Waals surface area contributed by atoms with Gasteiger partial charge in [-0.3, -0.25) is 4.79 Å². The lowest BCUT2D eigenvalue weighted by atomic mass is 9.93. The minimum absolute atomic E-state index is 0.130. The van der Waals surface area contributed by atoms with E-state index in [1.54, 1.807) is 6.07 Å². The Labute approximate surface area is 114 Å². The van der Waals surface area contributed by atoms with Crippen molar-refractivity contribution in [3.63, 3.8) is 0 Å². The van der Waals surface area contributed by atoms with Gasteiger partial charge in [-0.2, -0.15) is 0 Å². The van der Waals surface area contributed by atoms with Gasteiger partial charge in [0.2, 0.25) is 0 Å². The number of hydrogen-bond donors (Lipinski definition) is 1. The Morgan fingerprint density at radius 1 is 1.47 bits per heavy atom. The standard InChI is InChI=1S/C15H23NO3/c1-4-12-5-6-13(19-12)15(17)16-9-11-7-8-18-14(11)10(2)3/h5-6,10-11,14H,4,7-9H2,1-3H3,(H,16,17)/t11-,14-/m1/s1. The zero-order valence-corrected chi connectivity index (χ0v) is 11.9. The third kappa shape index (κ3) is 3.38. The van der Waals surface area contributed by atoms with Crippen molar-refractivity contribution in [2.45, 2.75) is 39.7 Å². The summed E-state index contributed by atoms with van der Waals surface area (Å²) in [5, 5.41) is 2.95. The molecule has 1 amide bonds. The van der Waals surface area contributed by atoms with Gasteiger partial charge in [-0.15, -0.1) is 0 Å². The van der Waals surface area contributed by atoms with Gasteiger partial charge in [0, 0.05) is 25.5 Å². The van der Waals surface area contributed by atoms with Gasteiger partial charge in [-0.1, -0.05) is 20.8 Å². The number of carbonyl (C=O) groups is 1. The normalized spacial score (nSPS) is 22.9. The highest BCUT2D eigenvalue weighted by Gasteiger charge is 2.30. The second-order valence-corrected chi connectivity index (χ2v) is 5.46. The van der Waals surface area contributed by atoms with Crippen LogP contribution in [0, 0.1) is 11.8 Å². The summed E-state index contributed by atoms with van der Waals surface area (Å²) >= 11 is 0. The van der Waals surface area contributed by atoms with Crippen LogP contribution in [0.1, 0.15) is 43.5 Å². The van der Waals surface area contributed by atoms with E-state index in [9.17, 15) is 4.79 Å². The van der Waals surface area contributed by atoms with E-state index in [-0.39, 0.29) is 12.0 Å². The van der Waals surface area contributed by atoms with Crippen molar-refractivity contribution in [2.75, 3.05) is 13.2 Å². The molecule has 4 nitrogen and oxygen atoms in total. The Kier molecular flexibility index (Phi) is 4.64. The summed E-state index contributed by atoms with van der Waals surface area (Å²) in [6.45, 7) is 7.77. The lowest BCUT2D eigenvalue weighted by Gasteiger charge is -2.21. The molecule has 0 bridgehead atoms. The number of aryl methyl sites for hydroxylation is 1. The topological polar surface area (TPSA) is 51.5 Å². The van der Waals surface area contributed by atoms with E-state index < -0.39 is 0 Å². The molecule has 1 aromatic heterocycles. The van der Waals surface area contributed by atoms with Crippen LogP contribution in [-0.4, -0.2) is 25.2 Å². The van der Waals surface area contributed by atoms with E-state index in [0.717, 1.165) is 25.2 Å². The molecule has 2 heterocycles. The summed E-state index contributed by atoms with van der Waals surface area (Å²) in [5.74, 6) is 2.00. The molecule has 4 heteroatoms. The smallest absolute Gasteiger partial charge is 0.287 e. The van der Waals surface area contributed by atoms with Crippen molar-refractivity contribution in [3.8, 4) is 0 Å². The van der Waals surface area contributed by atoms with Crippen molar-refractivity contribution in [2.24, 2.45) is 11.8 Å². The van der Waals surface area contributed by atoms with E-state index in [1.165, 1.54) is 0 Å². The van der Waals surface area contributed by atoms with Gasteiger partial charge in [0.05, 0.1) is 6.10 Å². The molecule has 2 rings (SSSR count). The van der Waals surface area contributed by atoms with E-state index in [4.69, 9.17) is 9.15 Å². The third-order valence-electron chi connectivity index (χ3n) is 3.68. The molecule has 1 fully saturated rings. The molecule has 1 saturated heterocycles. The van der Waals surface area contributed by atoms with Crippen LogP contribution in [0.5, 0.6) is 0 Å². The average Bonchev–Trinajstić information content (AvgIpc) is 3.04. The molecule has 0 aliphatic carbocycles. The summed E-state index contributed by atoms with van der Waals surface area (Å²) in [6, 6.07) is 3.59. The maximum Gasteiger partial charge on any atom is 0.287 e. The van der Waals surface area contributed by atoms with Gasteiger partial charge < -0.3 is 14.5 Å². The quantitative estimate of drug-likeness (QED) is 0.890. The first-order valence-corrected chi connectivity index (χ1v) is 7.10. The molecule has 1 aromatic rings. The molecule has 0 unspecified atom stereocenters. The predicted octanol–water partition coefficient (Wildman–Crippen LogP) is 2.63. The number of furan rings is 1. The SMILES string of the molecule is CCc1ccc(C(=O)NC[C@H]2CCO[C@@H]2C(C)C)o1. The van der Waals surface area contributed by atoms with Gasteiger partial charge >= 0.3 is 0 Å². The second kappa shape index (κ2) is 6.24. The van der Waals surface area contributed by atoms with Crippen molar-refractivity contribution in [1.82, 2.24) is 5.32 Å². The van der Waals surface area contributed by atoms with E-state index in [1.807, 2.05) is 13.0 Å². The van der Waals surface area contributed by atoms with E-state index in [2.05, 4.69) is 19.2 Å². The number of amides is 1. The second-order valence-electron chi connectivity index (χ2n) is 5.46. The minimum Gasteiger partial charge on any atom is -0.456 e. The third-order valence-corrected chi connectivity index (χ3v) is 3.68. The minimum atomic E-state index is -0.130. The van der Waals surface area contributed by atoms with Crippen molar-refractivity contribution < 1.29 is 13.9 Å². The molecular formula is C15H23NO3. The molecule has 1 aliphatic rings. The first kappa shape index (κ1) is 14.1. The van der Waals surface area contributed by atoms with Crippen molar-refractivity contribution in [3.05, 3.63) is 23.7 Å². The van der Waals surface area contributed by atoms with Crippen LogP contribution in [0.25, 0.3) is 0 Å². The molecule has 0 aromatic carbocycles. The Bertz CT molecular complexity index is 425. The van der Waals surface area contributed by atoms with Gasteiger partial charge in [-0.05, 0) is 24.5 Å². The fourth-order valence-corrected chi connectivity index (χ4v) is 2.61. The van der Waals surface area contributed by atoms with Crippen LogP contribution in [0.4, 0.5) is 0 Å². The number of nitrogens with one attached hydrogen (secondary N) is 1. The van der Waals surface area contributed by atoms with Crippen LogP contribution in [0.15, 0.2) is 16.5 Å². The van der Waals surface area contributed by atoms with Crippen molar-refractivity contribution in [1.29, 1.82) is 0 Å². The van der Waals surface area contributed by atoms with Crippen LogP contribution in [-0.2, 0) is 11.2 Å². The number of carbonyl (C=O) groups excluding carboxylic acids is 1. The Hall–Kier alpha value is -1.29. The average molecular weight is 265 g/mol. The molecule has 2 atom stereocenters. The Morgan fingerprint density at radius 3 is 2.89 bits per heavy atom. The van der Waals surface area contributed by atoms with Crippen LogP contribution in [0.3, 0.4) is 0 Å². The first-order valence-electron chi connectivity index (χ1n) is 7.10. The van der Waals surface area contributed by atoms with E-state index in [0.29, 0.717) is 24.1 Å². The van der Waals surface area contributed by atoms with Crippen LogP contribution >= 0.6 is 0 Å². The molecule has 0 saturated carbocycles. The summed E-state index contributed by atoms with van der Waals surface area (Å²) in [4.78, 5) is 12.0. The summed E-state index contributed by atoms with van der Waals surface area (Å²) in [5.41, 5.74) is 0. The lowest BCUT2D eigenvalue weighted by Crippen LogP contribution is -2.34. The summed E-state index contributed by atoms with van der Waals surface area (Å²) in [6.07, 6.45) is 2.07. The van der Waals surface area contributed by atoms with Gasteiger partial charge in [0.15, 0.2) is 5.76 Å². The maximum absolute atomic E-state index is 12.0. The van der Waals surface area contributed by atoms with Crippen LogP contribution < -0.4 is 5.32 Å². The number of hydrogen-bond acceptors (Lipinski definition) is 3. The molecule has 0 radical (unpaired) electrons. The molecule has 0 spiro atoms. The summed E-state index contributed by atoms with van der Waals surface area (Å²) < 4.78 is 11.2. The van der Waals surface area contributed by atoms with Gasteiger partial charge in [-0.25, -0.2) is 0 Å². The number of ether oxygens (including phenoxy) is 1. The zero-order chi connectivity index (χ0) is 13.8. The number of rotatable bonds is 5. The monoisotopic (exact) mass is 265 g/mol. The molecular weight excluding hydrogens is 242 g/mol. The fourth-order valence-electron chi connectivity index (χ4n) is 2.61. The molecule has 19 heavy (non-hydrogen) atoms. The largest absolute Gasteiger partial charge is 0.456 e. The molecule has 1 N–H and O–H groups in total. The van der Waals surface area contributed by atoms with Crippen molar-refractivity contribution >= 4 is 5.91 Å². The highest BCUT2D eigenvalue weighted by molar-refractivity contribution is 5.91. The Morgan fingerprint density at radius 2 is 2.26 bits per heavy atom. The highest BCUT2D eigenvalue weighted by atomic mass is 16.5. The zero-order valence-electron chi connectivity index (χ0n) is 11.9. The molecule has 106 valence electrons. The van der Waals surface area contributed by atoms with Gasteiger partial charge in [0.25, 0.3) is 5.91 Å². The Balaban J connectivity index is 1.86. The molecule has 1 aliphatic heterocycles. The highest BCUT2D eigenvalue weighted by Crippen LogP contribution is 2.26. The summed E-state index contributed by atoms with van der Waals surface area (Å²) in [7, 11) is 0. The van der Waals surface area contributed by atoms with E-state index >= 15 is 0 Å². The maximum atomic E-state index is 12.0. The lowest BCUT2D eigenvalue weighted by molar-refractivity contribution is 0.0531. The van der Waals surface area contributed by atoms with Crippen LogP contribution in [0.2, 0.25) is 0 Å². The van der Waals surface area contributed by atoms with Gasteiger partial charge in [0.1, 0.15) is 5.76 Å². The first-order chi connectivity index (χ1) is 9.11. The fraction of sp³-hybridized carbons (Fsp3) is 0.667.